The largest absolute Gasteiger partial charge is 0.412 e. The number of benzene rings is 1. The van der Waals surface area contributed by atoms with Crippen LogP contribution in [0, 0.1) is 5.41 Å². The number of carbonyl (C=O) groups is 1. The summed E-state index contributed by atoms with van der Waals surface area (Å²) in [5.74, 6) is 0.308. The van der Waals surface area contributed by atoms with E-state index >= 15 is 0 Å². The lowest BCUT2D eigenvalue weighted by Crippen LogP contribution is -2.27. The summed E-state index contributed by atoms with van der Waals surface area (Å²) in [7, 11) is 0. The SMILES string of the molecule is CCCCCCCNC(=O)Oc1cc(Cl)c2c(=N)n3ccccc3nc2c1. The summed E-state index contributed by atoms with van der Waals surface area (Å²) in [6.45, 7) is 2.75. The van der Waals surface area contributed by atoms with Gasteiger partial charge >= 0.3 is 6.09 Å². The number of unbranched alkanes of at least 4 members (excludes halogenated alkanes) is 4. The third kappa shape index (κ3) is 4.57. The Bertz CT molecular complexity index is 1020. The fourth-order valence-corrected chi connectivity index (χ4v) is 3.26. The van der Waals surface area contributed by atoms with Gasteiger partial charge in [-0.15, -0.1) is 0 Å². The minimum atomic E-state index is -0.512. The molecule has 27 heavy (non-hydrogen) atoms. The van der Waals surface area contributed by atoms with Crippen LogP contribution in [0.25, 0.3) is 16.6 Å². The van der Waals surface area contributed by atoms with Crippen molar-refractivity contribution in [1.82, 2.24) is 14.7 Å². The first-order valence-corrected chi connectivity index (χ1v) is 9.59. The first-order valence-electron chi connectivity index (χ1n) is 9.21. The van der Waals surface area contributed by atoms with Gasteiger partial charge in [0.2, 0.25) is 0 Å². The van der Waals surface area contributed by atoms with Gasteiger partial charge in [0.25, 0.3) is 0 Å². The third-order valence-electron chi connectivity index (χ3n) is 4.35. The molecule has 0 aliphatic heterocycles. The normalized spacial score (nSPS) is 11.0. The Morgan fingerprint density at radius 3 is 2.89 bits per heavy atom. The highest BCUT2D eigenvalue weighted by Crippen LogP contribution is 2.26. The maximum Gasteiger partial charge on any atom is 0.412 e. The van der Waals surface area contributed by atoms with Crippen LogP contribution in [0.5, 0.6) is 5.75 Å². The molecule has 0 unspecified atom stereocenters. The number of rotatable bonds is 7. The first-order chi connectivity index (χ1) is 13.1. The van der Waals surface area contributed by atoms with E-state index in [4.69, 9.17) is 21.7 Å². The topological polar surface area (TPSA) is 79.5 Å². The Labute approximate surface area is 162 Å². The van der Waals surface area contributed by atoms with Crippen LogP contribution in [0.2, 0.25) is 5.02 Å². The van der Waals surface area contributed by atoms with Gasteiger partial charge in [-0.3, -0.25) is 9.81 Å². The molecular formula is C20H23ClN4O2. The van der Waals surface area contributed by atoms with Crippen molar-refractivity contribution >= 4 is 34.2 Å². The summed E-state index contributed by atoms with van der Waals surface area (Å²) < 4.78 is 6.99. The van der Waals surface area contributed by atoms with Gasteiger partial charge in [-0.2, -0.15) is 0 Å². The lowest BCUT2D eigenvalue weighted by Gasteiger charge is -2.10. The summed E-state index contributed by atoms with van der Waals surface area (Å²) in [6.07, 6.45) is 6.87. The van der Waals surface area contributed by atoms with Gasteiger partial charge in [0.1, 0.15) is 16.9 Å². The molecule has 3 aromatic rings. The van der Waals surface area contributed by atoms with Gasteiger partial charge in [0.05, 0.1) is 15.9 Å². The predicted octanol–water partition coefficient (Wildman–Crippen LogP) is 4.68. The lowest BCUT2D eigenvalue weighted by atomic mass is 10.1. The van der Waals surface area contributed by atoms with Crippen molar-refractivity contribution in [3.05, 3.63) is 47.0 Å². The molecule has 0 bridgehead atoms. The van der Waals surface area contributed by atoms with E-state index in [9.17, 15) is 4.79 Å². The quantitative estimate of drug-likeness (QED) is 0.457. The zero-order chi connectivity index (χ0) is 19.2. The summed E-state index contributed by atoms with van der Waals surface area (Å²) in [6, 6.07) is 8.66. The van der Waals surface area contributed by atoms with Crippen molar-refractivity contribution in [2.45, 2.75) is 39.0 Å². The van der Waals surface area contributed by atoms with Gasteiger partial charge in [-0.25, -0.2) is 9.78 Å². The number of nitrogens with one attached hydrogen (secondary N) is 2. The van der Waals surface area contributed by atoms with E-state index < -0.39 is 6.09 Å². The molecule has 6 nitrogen and oxygen atoms in total. The molecule has 0 saturated heterocycles. The van der Waals surface area contributed by atoms with E-state index in [1.165, 1.54) is 19.3 Å². The molecule has 1 aromatic carbocycles. The molecule has 1 amide bonds. The molecule has 0 atom stereocenters. The number of ether oxygens (including phenoxy) is 1. The highest BCUT2D eigenvalue weighted by Gasteiger charge is 2.11. The summed E-state index contributed by atoms with van der Waals surface area (Å²) >= 11 is 6.34. The number of pyridine rings is 1. The first kappa shape index (κ1) is 19.2. The maximum absolute atomic E-state index is 12.0. The van der Waals surface area contributed by atoms with Crippen molar-refractivity contribution in [3.63, 3.8) is 0 Å². The molecule has 2 N–H and O–H groups in total. The molecule has 0 aliphatic rings. The molecule has 0 fully saturated rings. The van der Waals surface area contributed by atoms with E-state index in [1.54, 1.807) is 22.7 Å². The number of fused-ring (bicyclic) bond motifs is 2. The Morgan fingerprint density at radius 2 is 2.07 bits per heavy atom. The van der Waals surface area contributed by atoms with Crippen LogP contribution < -0.4 is 15.5 Å². The maximum atomic E-state index is 12.0. The van der Waals surface area contributed by atoms with Crippen LogP contribution in [-0.2, 0) is 0 Å². The van der Waals surface area contributed by atoms with E-state index in [0.29, 0.717) is 33.9 Å². The van der Waals surface area contributed by atoms with Crippen molar-refractivity contribution in [2.75, 3.05) is 6.54 Å². The number of halogens is 1. The number of carbonyl (C=O) groups excluding carboxylic acids is 1. The lowest BCUT2D eigenvalue weighted by molar-refractivity contribution is 0.200. The molecule has 3 rings (SSSR count). The van der Waals surface area contributed by atoms with Crippen molar-refractivity contribution in [2.24, 2.45) is 0 Å². The summed E-state index contributed by atoms with van der Waals surface area (Å²) in [5.41, 5.74) is 1.38. The third-order valence-corrected chi connectivity index (χ3v) is 4.65. The fraction of sp³-hybridized carbons (Fsp3) is 0.350. The van der Waals surface area contributed by atoms with Crippen molar-refractivity contribution in [3.8, 4) is 5.75 Å². The van der Waals surface area contributed by atoms with Gasteiger partial charge in [-0.05, 0) is 18.6 Å². The zero-order valence-electron chi connectivity index (χ0n) is 15.3. The molecule has 2 heterocycles. The second-order valence-corrected chi connectivity index (χ2v) is 6.83. The van der Waals surface area contributed by atoms with Crippen molar-refractivity contribution < 1.29 is 9.53 Å². The number of amides is 1. The minimum Gasteiger partial charge on any atom is -0.410 e. The number of nitrogens with zero attached hydrogens (tertiary/aromatic N) is 2. The van der Waals surface area contributed by atoms with Crippen LogP contribution in [0.15, 0.2) is 36.5 Å². The fourth-order valence-electron chi connectivity index (χ4n) is 2.97. The molecule has 0 spiro atoms. The number of aromatic nitrogens is 2. The standard InChI is InChI=1S/C20H23ClN4O2/c1-2-3-4-5-7-10-23-20(26)27-14-12-15(21)18-16(13-14)24-17-9-6-8-11-25(17)19(18)22/h6,8-9,11-13,22H,2-5,7,10H2,1H3,(H,23,26). The Morgan fingerprint density at radius 1 is 1.26 bits per heavy atom. The minimum absolute atomic E-state index is 0.240. The molecule has 142 valence electrons. The number of hydrogen-bond donors (Lipinski definition) is 2. The molecular weight excluding hydrogens is 364 g/mol. The molecule has 2 aromatic heterocycles. The second-order valence-electron chi connectivity index (χ2n) is 6.42. The highest BCUT2D eigenvalue weighted by atomic mass is 35.5. The van der Waals surface area contributed by atoms with Crippen LogP contribution in [0.1, 0.15) is 39.0 Å². The second kappa shape index (κ2) is 8.86. The Hall–Kier alpha value is -2.60. The summed E-state index contributed by atoms with van der Waals surface area (Å²) in [4.78, 5) is 16.5. The zero-order valence-corrected chi connectivity index (χ0v) is 16.1. The predicted molar refractivity (Wildman–Crippen MR) is 106 cm³/mol. The van der Waals surface area contributed by atoms with Gasteiger partial charge < -0.3 is 10.1 Å². The van der Waals surface area contributed by atoms with E-state index in [1.807, 2.05) is 18.2 Å². The summed E-state index contributed by atoms with van der Waals surface area (Å²) in [5, 5.41) is 12.0. The molecule has 7 heteroatoms. The van der Waals surface area contributed by atoms with Crippen molar-refractivity contribution in [1.29, 1.82) is 5.41 Å². The van der Waals surface area contributed by atoms with E-state index in [0.717, 1.165) is 12.8 Å². The average Bonchev–Trinajstić information content (AvgIpc) is 2.64. The smallest absolute Gasteiger partial charge is 0.410 e. The average molecular weight is 387 g/mol. The Kier molecular flexibility index (Phi) is 6.29. The molecule has 0 aliphatic carbocycles. The van der Waals surface area contributed by atoms with Gasteiger partial charge in [0.15, 0.2) is 0 Å². The van der Waals surface area contributed by atoms with Gasteiger partial charge in [0, 0.05) is 24.9 Å². The molecule has 0 saturated carbocycles. The number of hydrogen-bond acceptors (Lipinski definition) is 4. The highest BCUT2D eigenvalue weighted by molar-refractivity contribution is 6.35. The van der Waals surface area contributed by atoms with Crippen LogP contribution in [0.3, 0.4) is 0 Å². The van der Waals surface area contributed by atoms with Crippen LogP contribution in [-0.4, -0.2) is 22.0 Å². The Balaban J connectivity index is 1.73. The van der Waals surface area contributed by atoms with E-state index in [2.05, 4.69) is 17.2 Å². The van der Waals surface area contributed by atoms with Gasteiger partial charge in [-0.1, -0.05) is 50.3 Å². The monoisotopic (exact) mass is 386 g/mol. The van der Waals surface area contributed by atoms with Crippen LogP contribution >= 0.6 is 11.6 Å². The molecule has 0 radical (unpaired) electrons. The van der Waals surface area contributed by atoms with Crippen LogP contribution in [0.4, 0.5) is 4.79 Å². The van der Waals surface area contributed by atoms with E-state index in [-0.39, 0.29) is 5.49 Å².